The second kappa shape index (κ2) is 8.77. The number of halogens is 1. The van der Waals surface area contributed by atoms with Crippen molar-refractivity contribution in [2.45, 2.75) is 31.8 Å². The minimum absolute atomic E-state index is 0.0191. The maximum Gasteiger partial charge on any atom is 0.174 e. The van der Waals surface area contributed by atoms with Crippen LogP contribution in [0, 0.1) is 5.92 Å². The van der Waals surface area contributed by atoms with Crippen LogP contribution in [0.25, 0.3) is 0 Å². The first-order chi connectivity index (χ1) is 15.1. The second-order valence-electron chi connectivity index (χ2n) is 8.32. The van der Waals surface area contributed by atoms with Crippen LogP contribution < -0.4 is 15.1 Å². The number of hydrogen-bond donors (Lipinski definition) is 1. The molecular formula is C24H25ClN4S2. The van der Waals surface area contributed by atoms with Gasteiger partial charge < -0.3 is 15.1 Å². The number of aromatic nitrogens is 1. The van der Waals surface area contributed by atoms with Crippen molar-refractivity contribution in [3.05, 3.63) is 75.7 Å². The quantitative estimate of drug-likeness (QED) is 0.460. The number of hydrogen-bond acceptors (Lipinski definition) is 4. The third kappa shape index (κ3) is 4.04. The standard InChI is InChI=1S/C24H25ClN4S2/c1-16-9-12-28(13-10-16)20-8-7-17(15-18(20)25)29-23(21-6-4-14-31-21)22(27-24(29)30)19-5-2-3-11-26-19/h2-8,11,14-16,22-23H,9-10,12-13H2,1H3,(H,27,30)/t22-,23+/m1/s1. The van der Waals surface area contributed by atoms with Crippen molar-refractivity contribution < 1.29 is 0 Å². The number of nitrogens with one attached hydrogen (secondary N) is 1. The molecule has 2 atom stereocenters. The lowest BCUT2D eigenvalue weighted by Gasteiger charge is -2.33. The number of rotatable bonds is 4. The Hall–Kier alpha value is -2.15. The molecule has 0 radical (unpaired) electrons. The summed E-state index contributed by atoms with van der Waals surface area (Å²) < 4.78 is 0. The summed E-state index contributed by atoms with van der Waals surface area (Å²) in [6, 6.07) is 16.6. The van der Waals surface area contributed by atoms with E-state index in [0.29, 0.717) is 5.11 Å². The third-order valence-electron chi connectivity index (χ3n) is 6.27. The molecule has 1 aromatic carbocycles. The SMILES string of the molecule is CC1CCN(c2ccc(N3C(=S)N[C@H](c4ccccn4)[C@@H]3c3cccs3)cc2Cl)CC1. The molecule has 0 bridgehead atoms. The molecule has 2 fully saturated rings. The molecule has 5 rings (SSSR count). The predicted molar refractivity (Wildman–Crippen MR) is 134 cm³/mol. The number of thiocarbonyl (C=S) groups is 1. The van der Waals surface area contributed by atoms with Crippen molar-refractivity contribution in [1.29, 1.82) is 0 Å². The smallest absolute Gasteiger partial charge is 0.174 e. The predicted octanol–water partition coefficient (Wildman–Crippen LogP) is 6.21. The van der Waals surface area contributed by atoms with Gasteiger partial charge in [-0.1, -0.05) is 30.7 Å². The van der Waals surface area contributed by atoms with E-state index in [4.69, 9.17) is 23.8 Å². The molecule has 0 saturated carbocycles. The van der Waals surface area contributed by atoms with Crippen LogP contribution in [0.5, 0.6) is 0 Å². The Labute approximate surface area is 197 Å². The fourth-order valence-corrected chi connectivity index (χ4v) is 6.03. The molecule has 2 saturated heterocycles. The zero-order valence-corrected chi connectivity index (χ0v) is 19.8. The lowest BCUT2D eigenvalue weighted by Crippen LogP contribution is -2.33. The van der Waals surface area contributed by atoms with Crippen LogP contribution in [-0.2, 0) is 0 Å². The fraction of sp³-hybridized carbons (Fsp3) is 0.333. The Bertz CT molecular complexity index is 1050. The summed E-state index contributed by atoms with van der Waals surface area (Å²) in [5.74, 6) is 0.789. The van der Waals surface area contributed by atoms with E-state index in [-0.39, 0.29) is 12.1 Å². The molecule has 0 spiro atoms. The summed E-state index contributed by atoms with van der Waals surface area (Å²) >= 11 is 14.4. The minimum atomic E-state index is -0.0191. The second-order valence-corrected chi connectivity index (χ2v) is 10.1. The van der Waals surface area contributed by atoms with Crippen molar-refractivity contribution >= 4 is 51.6 Å². The van der Waals surface area contributed by atoms with Gasteiger partial charge in [0.05, 0.1) is 28.5 Å². The van der Waals surface area contributed by atoms with E-state index in [2.05, 4.69) is 68.8 Å². The van der Waals surface area contributed by atoms with Gasteiger partial charge in [-0.05, 0) is 72.8 Å². The molecule has 7 heteroatoms. The van der Waals surface area contributed by atoms with E-state index in [1.54, 1.807) is 11.3 Å². The highest BCUT2D eigenvalue weighted by molar-refractivity contribution is 7.80. The van der Waals surface area contributed by atoms with Gasteiger partial charge in [-0.25, -0.2) is 0 Å². The van der Waals surface area contributed by atoms with Gasteiger partial charge >= 0.3 is 0 Å². The highest BCUT2D eigenvalue weighted by Crippen LogP contribution is 2.44. The zero-order valence-electron chi connectivity index (χ0n) is 17.4. The Morgan fingerprint density at radius 1 is 1.13 bits per heavy atom. The van der Waals surface area contributed by atoms with Gasteiger partial charge in [-0.2, -0.15) is 0 Å². The molecule has 2 aromatic heterocycles. The molecular weight excluding hydrogens is 444 g/mol. The monoisotopic (exact) mass is 468 g/mol. The fourth-order valence-electron chi connectivity index (χ4n) is 4.53. The maximum atomic E-state index is 6.81. The highest BCUT2D eigenvalue weighted by Gasteiger charge is 2.41. The summed E-state index contributed by atoms with van der Waals surface area (Å²) in [6.07, 6.45) is 4.26. The maximum absolute atomic E-state index is 6.81. The van der Waals surface area contributed by atoms with E-state index in [9.17, 15) is 0 Å². The van der Waals surface area contributed by atoms with Crippen molar-refractivity contribution in [2.24, 2.45) is 5.92 Å². The molecule has 2 aliphatic heterocycles. The molecule has 1 N–H and O–H groups in total. The van der Waals surface area contributed by atoms with Crippen LogP contribution >= 0.6 is 35.2 Å². The first-order valence-corrected chi connectivity index (χ1v) is 12.4. The molecule has 4 heterocycles. The van der Waals surface area contributed by atoms with Gasteiger partial charge in [0.1, 0.15) is 0 Å². The summed E-state index contributed by atoms with van der Waals surface area (Å²) in [5, 5.41) is 7.09. The van der Waals surface area contributed by atoms with E-state index >= 15 is 0 Å². The van der Waals surface area contributed by atoms with E-state index in [1.165, 1.54) is 17.7 Å². The van der Waals surface area contributed by atoms with Gasteiger partial charge in [0.25, 0.3) is 0 Å². The zero-order chi connectivity index (χ0) is 21.4. The molecule has 3 aromatic rings. The average Bonchev–Trinajstić information content (AvgIpc) is 3.43. The van der Waals surface area contributed by atoms with E-state index in [0.717, 1.165) is 41.1 Å². The molecule has 0 amide bonds. The summed E-state index contributed by atoms with van der Waals surface area (Å²) in [6.45, 7) is 4.44. The van der Waals surface area contributed by atoms with Crippen LogP contribution in [0.3, 0.4) is 0 Å². The van der Waals surface area contributed by atoms with Crippen LogP contribution in [0.15, 0.2) is 60.1 Å². The normalized spacial score (nSPS) is 22.1. The number of pyridine rings is 1. The largest absolute Gasteiger partial charge is 0.370 e. The van der Waals surface area contributed by atoms with Gasteiger partial charge in [0.15, 0.2) is 5.11 Å². The summed E-state index contributed by atoms with van der Waals surface area (Å²) in [5.41, 5.74) is 3.11. The molecule has 31 heavy (non-hydrogen) atoms. The third-order valence-corrected chi connectivity index (χ3v) is 7.83. The Balaban J connectivity index is 1.49. The van der Waals surface area contributed by atoms with Crippen molar-refractivity contribution in [2.75, 3.05) is 22.9 Å². The van der Waals surface area contributed by atoms with Crippen LogP contribution in [0.2, 0.25) is 5.02 Å². The molecule has 0 unspecified atom stereocenters. The van der Waals surface area contributed by atoms with Crippen LogP contribution in [-0.4, -0.2) is 23.2 Å². The van der Waals surface area contributed by atoms with Crippen LogP contribution in [0.4, 0.5) is 11.4 Å². The number of piperidine rings is 1. The number of nitrogens with zero attached hydrogens (tertiary/aromatic N) is 3. The van der Waals surface area contributed by atoms with Gasteiger partial charge in [0.2, 0.25) is 0 Å². The van der Waals surface area contributed by atoms with Gasteiger partial charge in [-0.15, -0.1) is 11.3 Å². The summed E-state index contributed by atoms with van der Waals surface area (Å²) in [4.78, 5) is 10.4. The lowest BCUT2D eigenvalue weighted by atomic mass is 9.98. The van der Waals surface area contributed by atoms with E-state index in [1.807, 2.05) is 18.3 Å². The van der Waals surface area contributed by atoms with Crippen molar-refractivity contribution in [3.63, 3.8) is 0 Å². The van der Waals surface area contributed by atoms with Gasteiger partial charge in [0, 0.05) is 29.9 Å². The highest BCUT2D eigenvalue weighted by atomic mass is 35.5. The minimum Gasteiger partial charge on any atom is -0.370 e. The Kier molecular flexibility index (Phi) is 5.87. The molecule has 160 valence electrons. The van der Waals surface area contributed by atoms with Crippen molar-refractivity contribution in [3.8, 4) is 0 Å². The van der Waals surface area contributed by atoms with Gasteiger partial charge in [-0.3, -0.25) is 4.98 Å². The first-order valence-electron chi connectivity index (χ1n) is 10.7. The topological polar surface area (TPSA) is 31.4 Å². The molecule has 4 nitrogen and oxygen atoms in total. The Morgan fingerprint density at radius 2 is 1.97 bits per heavy atom. The van der Waals surface area contributed by atoms with Crippen molar-refractivity contribution in [1.82, 2.24) is 10.3 Å². The number of anilines is 2. The lowest BCUT2D eigenvalue weighted by molar-refractivity contribution is 0.438. The summed E-state index contributed by atoms with van der Waals surface area (Å²) in [7, 11) is 0. The van der Waals surface area contributed by atoms with Crippen LogP contribution in [0.1, 0.15) is 42.4 Å². The first kappa shape index (κ1) is 20.7. The Morgan fingerprint density at radius 3 is 2.65 bits per heavy atom. The molecule has 0 aliphatic carbocycles. The molecule has 2 aliphatic rings. The van der Waals surface area contributed by atoms with E-state index < -0.39 is 0 Å². The number of thiophene rings is 1. The average molecular weight is 469 g/mol. The number of benzene rings is 1.